The summed E-state index contributed by atoms with van der Waals surface area (Å²) in [7, 11) is -2.74. The minimum absolute atomic E-state index is 0.0967. The Kier molecular flexibility index (Phi) is 5.44. The molecule has 0 aromatic carbocycles. The summed E-state index contributed by atoms with van der Waals surface area (Å²) in [5.74, 6) is -1.93. The van der Waals surface area contributed by atoms with E-state index in [4.69, 9.17) is 5.11 Å². The van der Waals surface area contributed by atoms with E-state index in [1.807, 2.05) is 0 Å². The lowest BCUT2D eigenvalue weighted by atomic mass is 10.4. The number of aromatic carboxylic acids is 1. The van der Waals surface area contributed by atoms with Crippen LogP contribution in [0.2, 0.25) is 0 Å². The summed E-state index contributed by atoms with van der Waals surface area (Å²) in [5, 5.41) is 17.2. The molecule has 10 heteroatoms. The highest BCUT2D eigenvalue weighted by atomic mass is 32.2. The molecule has 0 spiro atoms. The van der Waals surface area contributed by atoms with Gasteiger partial charge in [-0.15, -0.1) is 0 Å². The summed E-state index contributed by atoms with van der Waals surface area (Å²) in [6.07, 6.45) is 0.482. The Morgan fingerprint density at radius 2 is 2.05 bits per heavy atom. The van der Waals surface area contributed by atoms with E-state index < -0.39 is 32.5 Å². The van der Waals surface area contributed by atoms with Gasteiger partial charge >= 0.3 is 5.97 Å². The van der Waals surface area contributed by atoms with Crippen molar-refractivity contribution in [2.75, 3.05) is 20.1 Å². The van der Waals surface area contributed by atoms with Gasteiger partial charge in [0.05, 0.1) is 12.2 Å². The Morgan fingerprint density at radius 1 is 1.43 bits per heavy atom. The zero-order valence-corrected chi connectivity index (χ0v) is 12.8. The number of carboxylic acid groups (broad SMARTS) is 1. The van der Waals surface area contributed by atoms with Crippen molar-refractivity contribution in [2.45, 2.75) is 25.2 Å². The first-order valence-electron chi connectivity index (χ1n) is 6.24. The van der Waals surface area contributed by atoms with Gasteiger partial charge in [0.25, 0.3) is 0 Å². The van der Waals surface area contributed by atoms with Gasteiger partial charge in [0.15, 0.2) is 5.69 Å². The second kappa shape index (κ2) is 6.68. The molecule has 0 unspecified atom stereocenters. The van der Waals surface area contributed by atoms with Crippen LogP contribution in [0.25, 0.3) is 0 Å². The molecule has 3 N–H and O–H groups in total. The van der Waals surface area contributed by atoms with Gasteiger partial charge in [0.2, 0.25) is 15.9 Å². The van der Waals surface area contributed by atoms with Crippen LogP contribution in [0.4, 0.5) is 0 Å². The van der Waals surface area contributed by atoms with E-state index >= 15 is 0 Å². The van der Waals surface area contributed by atoms with E-state index in [2.05, 4.69) is 15.5 Å². The Hall–Kier alpha value is -1.94. The van der Waals surface area contributed by atoms with Crippen LogP contribution in [0, 0.1) is 6.92 Å². The number of hydrogen-bond donors (Lipinski definition) is 3. The SMILES string of the molecule is CCCN(CC(=O)NC)S(=O)(=O)c1c(C(=O)O)n[nH]c1C. The minimum Gasteiger partial charge on any atom is -0.476 e. The van der Waals surface area contributed by atoms with Gasteiger partial charge in [-0.05, 0) is 13.3 Å². The summed E-state index contributed by atoms with van der Waals surface area (Å²) in [5.41, 5.74) is -0.462. The molecule has 0 saturated carbocycles. The van der Waals surface area contributed by atoms with E-state index in [1.54, 1.807) is 6.92 Å². The van der Waals surface area contributed by atoms with Crippen LogP contribution >= 0.6 is 0 Å². The number of aromatic nitrogens is 2. The lowest BCUT2D eigenvalue weighted by molar-refractivity contribution is -0.120. The van der Waals surface area contributed by atoms with Crippen LogP contribution < -0.4 is 5.32 Å². The Bertz CT molecular complexity index is 637. The highest BCUT2D eigenvalue weighted by Gasteiger charge is 2.33. The van der Waals surface area contributed by atoms with Crippen LogP contribution in [0.5, 0.6) is 0 Å². The molecular weight excluding hydrogens is 300 g/mol. The van der Waals surface area contributed by atoms with Gasteiger partial charge in [0.1, 0.15) is 4.90 Å². The average molecular weight is 318 g/mol. The fourth-order valence-electron chi connectivity index (χ4n) is 1.78. The molecule has 9 nitrogen and oxygen atoms in total. The molecule has 1 heterocycles. The standard InChI is InChI=1S/C11H18N4O5S/c1-4-5-15(6-8(16)12-3)21(19,20)10-7(2)13-14-9(10)11(17)18/h4-6H2,1-3H3,(H,12,16)(H,13,14)(H,17,18). The fourth-order valence-corrected chi connectivity index (χ4v) is 3.56. The average Bonchev–Trinajstić information content (AvgIpc) is 2.80. The third-order valence-electron chi connectivity index (χ3n) is 2.76. The van der Waals surface area contributed by atoms with Crippen molar-refractivity contribution in [3.05, 3.63) is 11.4 Å². The number of aryl methyl sites for hydroxylation is 1. The van der Waals surface area contributed by atoms with Crippen LogP contribution in [-0.2, 0) is 14.8 Å². The molecule has 1 rings (SSSR count). The number of carboxylic acids is 1. The topological polar surface area (TPSA) is 132 Å². The number of carbonyl (C=O) groups is 2. The highest BCUT2D eigenvalue weighted by molar-refractivity contribution is 7.89. The number of H-pyrrole nitrogens is 1. The molecule has 0 atom stereocenters. The van der Waals surface area contributed by atoms with Gasteiger partial charge in [-0.25, -0.2) is 13.2 Å². The predicted octanol–water partition coefficient (Wildman–Crippen LogP) is -0.437. The Morgan fingerprint density at radius 3 is 2.52 bits per heavy atom. The number of sulfonamides is 1. The van der Waals surface area contributed by atoms with Crippen LogP contribution in [0.3, 0.4) is 0 Å². The normalized spacial score (nSPS) is 11.6. The lowest BCUT2D eigenvalue weighted by Gasteiger charge is -2.20. The maximum absolute atomic E-state index is 12.6. The molecule has 0 aliphatic rings. The van der Waals surface area contributed by atoms with Gasteiger partial charge < -0.3 is 10.4 Å². The van der Waals surface area contributed by atoms with Crippen molar-refractivity contribution in [3.8, 4) is 0 Å². The summed E-state index contributed by atoms with van der Waals surface area (Å²) >= 11 is 0. The van der Waals surface area contributed by atoms with Crippen molar-refractivity contribution in [1.82, 2.24) is 19.8 Å². The molecule has 118 valence electrons. The quantitative estimate of drug-likeness (QED) is 0.624. The minimum atomic E-state index is -4.13. The lowest BCUT2D eigenvalue weighted by Crippen LogP contribution is -2.40. The summed E-state index contributed by atoms with van der Waals surface area (Å²) < 4.78 is 26.1. The monoisotopic (exact) mass is 318 g/mol. The molecule has 1 aromatic rings. The largest absolute Gasteiger partial charge is 0.476 e. The van der Waals surface area contributed by atoms with Crippen LogP contribution in [-0.4, -0.2) is 60.0 Å². The van der Waals surface area contributed by atoms with Gasteiger partial charge in [-0.3, -0.25) is 9.89 Å². The first-order chi connectivity index (χ1) is 9.75. The molecule has 0 aliphatic carbocycles. The van der Waals surface area contributed by atoms with E-state index in [9.17, 15) is 18.0 Å². The second-order valence-electron chi connectivity index (χ2n) is 4.34. The van der Waals surface area contributed by atoms with E-state index in [1.165, 1.54) is 14.0 Å². The third kappa shape index (κ3) is 3.58. The number of amides is 1. The number of nitrogens with zero attached hydrogens (tertiary/aromatic N) is 2. The van der Waals surface area contributed by atoms with Crippen LogP contribution in [0.15, 0.2) is 4.90 Å². The maximum atomic E-state index is 12.6. The molecule has 1 aromatic heterocycles. The zero-order chi connectivity index (χ0) is 16.2. The summed E-state index contributed by atoms with van der Waals surface area (Å²) in [4.78, 5) is 22.1. The Balaban J connectivity index is 3.32. The molecule has 0 bridgehead atoms. The van der Waals surface area contributed by atoms with E-state index in [0.29, 0.717) is 6.42 Å². The van der Waals surface area contributed by atoms with Crippen molar-refractivity contribution in [1.29, 1.82) is 0 Å². The molecule has 0 aliphatic heterocycles. The third-order valence-corrected chi connectivity index (χ3v) is 4.77. The van der Waals surface area contributed by atoms with Crippen molar-refractivity contribution >= 4 is 21.9 Å². The number of nitrogens with one attached hydrogen (secondary N) is 2. The van der Waals surface area contributed by atoms with Crippen molar-refractivity contribution in [2.24, 2.45) is 0 Å². The fraction of sp³-hybridized carbons (Fsp3) is 0.545. The summed E-state index contributed by atoms with van der Waals surface area (Å²) in [6.45, 7) is 2.89. The number of aromatic amines is 1. The van der Waals surface area contributed by atoms with Gasteiger partial charge in [-0.1, -0.05) is 6.92 Å². The van der Waals surface area contributed by atoms with Crippen molar-refractivity contribution in [3.63, 3.8) is 0 Å². The second-order valence-corrected chi connectivity index (χ2v) is 6.22. The summed E-state index contributed by atoms with van der Waals surface area (Å²) in [6, 6.07) is 0. The smallest absolute Gasteiger partial charge is 0.357 e. The molecular formula is C11H18N4O5S. The number of hydrogen-bond acceptors (Lipinski definition) is 5. The molecule has 1 amide bonds. The number of rotatable bonds is 7. The molecule has 0 fully saturated rings. The predicted molar refractivity (Wildman–Crippen MR) is 73.4 cm³/mol. The first-order valence-corrected chi connectivity index (χ1v) is 7.68. The first kappa shape index (κ1) is 17.1. The highest BCUT2D eigenvalue weighted by Crippen LogP contribution is 2.22. The maximum Gasteiger partial charge on any atom is 0.357 e. The molecule has 0 radical (unpaired) electrons. The molecule has 0 saturated heterocycles. The van der Waals surface area contributed by atoms with Crippen LogP contribution in [0.1, 0.15) is 29.5 Å². The van der Waals surface area contributed by atoms with E-state index in [0.717, 1.165) is 4.31 Å². The number of likely N-dealkylation sites (N-methyl/N-ethyl adjacent to an activating group) is 1. The van der Waals surface area contributed by atoms with Crippen molar-refractivity contribution < 1.29 is 23.1 Å². The van der Waals surface area contributed by atoms with Gasteiger partial charge in [-0.2, -0.15) is 9.40 Å². The van der Waals surface area contributed by atoms with E-state index in [-0.39, 0.29) is 18.8 Å². The number of carbonyl (C=O) groups excluding carboxylic acids is 1. The van der Waals surface area contributed by atoms with Gasteiger partial charge in [0, 0.05) is 13.6 Å². The Labute approximate surface area is 122 Å². The molecule has 21 heavy (non-hydrogen) atoms. The zero-order valence-electron chi connectivity index (χ0n) is 12.0.